The number of aromatic nitrogens is 1. The average Bonchev–Trinajstić information content (AvgIpc) is 2.92. The Kier molecular flexibility index (Phi) is 4.16. The number of anilines is 1. The van der Waals surface area contributed by atoms with Gasteiger partial charge in [0.25, 0.3) is 0 Å². The molecular formula is C18H17ClN2O. The minimum atomic E-state index is -0.0110. The first-order chi connectivity index (χ1) is 10.6. The Morgan fingerprint density at radius 3 is 2.86 bits per heavy atom. The molecule has 0 atom stereocenters. The molecule has 0 saturated carbocycles. The van der Waals surface area contributed by atoms with Gasteiger partial charge in [-0.1, -0.05) is 35.9 Å². The van der Waals surface area contributed by atoms with Gasteiger partial charge in [0, 0.05) is 35.4 Å². The summed E-state index contributed by atoms with van der Waals surface area (Å²) in [5, 5.41) is 4.74. The third-order valence-corrected chi connectivity index (χ3v) is 3.97. The number of carbonyl (C=O) groups is 1. The first-order valence-corrected chi connectivity index (χ1v) is 7.61. The van der Waals surface area contributed by atoms with Crippen LogP contribution in [0.25, 0.3) is 10.9 Å². The Balaban J connectivity index is 1.66. The fourth-order valence-electron chi connectivity index (χ4n) is 2.50. The van der Waals surface area contributed by atoms with Crippen LogP contribution in [0.2, 0.25) is 5.02 Å². The SMILES string of the molecule is Cc1ccc(Cl)cc1NC(=O)CCn1ccc2ccccc21. The fourth-order valence-corrected chi connectivity index (χ4v) is 2.67. The zero-order chi connectivity index (χ0) is 15.5. The number of hydrogen-bond acceptors (Lipinski definition) is 1. The average molecular weight is 313 g/mol. The van der Waals surface area contributed by atoms with Gasteiger partial charge in [-0.15, -0.1) is 0 Å². The molecule has 0 aliphatic heterocycles. The zero-order valence-electron chi connectivity index (χ0n) is 12.3. The maximum atomic E-state index is 12.1. The first-order valence-electron chi connectivity index (χ1n) is 7.23. The van der Waals surface area contributed by atoms with Crippen LogP contribution in [0.3, 0.4) is 0 Å². The molecule has 3 aromatic rings. The van der Waals surface area contributed by atoms with Crippen LogP contribution in [0.1, 0.15) is 12.0 Å². The van der Waals surface area contributed by atoms with E-state index in [2.05, 4.69) is 28.1 Å². The second-order valence-corrected chi connectivity index (χ2v) is 5.76. The zero-order valence-corrected chi connectivity index (χ0v) is 13.1. The maximum absolute atomic E-state index is 12.1. The number of amides is 1. The number of aryl methyl sites for hydroxylation is 2. The van der Waals surface area contributed by atoms with Gasteiger partial charge in [-0.2, -0.15) is 0 Å². The van der Waals surface area contributed by atoms with Gasteiger partial charge in [0.15, 0.2) is 0 Å². The van der Waals surface area contributed by atoms with Crippen LogP contribution in [-0.4, -0.2) is 10.5 Å². The normalized spacial score (nSPS) is 10.8. The van der Waals surface area contributed by atoms with E-state index in [4.69, 9.17) is 11.6 Å². The van der Waals surface area contributed by atoms with E-state index in [1.165, 1.54) is 5.39 Å². The Hall–Kier alpha value is -2.26. The molecule has 3 rings (SSSR count). The van der Waals surface area contributed by atoms with Crippen LogP contribution in [0, 0.1) is 6.92 Å². The summed E-state index contributed by atoms with van der Waals surface area (Å²) in [7, 11) is 0. The Bertz CT molecular complexity index is 823. The van der Waals surface area contributed by atoms with Crippen molar-refractivity contribution in [2.75, 3.05) is 5.32 Å². The Morgan fingerprint density at radius 2 is 2.00 bits per heavy atom. The molecule has 0 spiro atoms. The minimum absolute atomic E-state index is 0.0110. The summed E-state index contributed by atoms with van der Waals surface area (Å²) >= 11 is 5.97. The summed E-state index contributed by atoms with van der Waals surface area (Å²) < 4.78 is 2.10. The molecule has 3 nitrogen and oxygen atoms in total. The van der Waals surface area contributed by atoms with Crippen LogP contribution in [-0.2, 0) is 11.3 Å². The van der Waals surface area contributed by atoms with Gasteiger partial charge < -0.3 is 9.88 Å². The van der Waals surface area contributed by atoms with Gasteiger partial charge in [0.2, 0.25) is 5.91 Å². The highest BCUT2D eigenvalue weighted by atomic mass is 35.5. The lowest BCUT2D eigenvalue weighted by Gasteiger charge is -2.10. The van der Waals surface area contributed by atoms with Crippen molar-refractivity contribution in [3.8, 4) is 0 Å². The molecule has 0 aliphatic carbocycles. The molecule has 4 heteroatoms. The summed E-state index contributed by atoms with van der Waals surface area (Å²) in [5.41, 5.74) is 2.92. The second-order valence-electron chi connectivity index (χ2n) is 5.33. The topological polar surface area (TPSA) is 34.0 Å². The summed E-state index contributed by atoms with van der Waals surface area (Å²) in [6, 6.07) is 15.7. The molecule has 1 heterocycles. The van der Waals surface area contributed by atoms with Crippen molar-refractivity contribution < 1.29 is 4.79 Å². The van der Waals surface area contributed by atoms with Gasteiger partial charge in [-0.25, -0.2) is 0 Å². The largest absolute Gasteiger partial charge is 0.347 e. The highest BCUT2D eigenvalue weighted by Crippen LogP contribution is 2.20. The smallest absolute Gasteiger partial charge is 0.226 e. The Labute approximate surface area is 134 Å². The molecule has 0 fully saturated rings. The summed E-state index contributed by atoms with van der Waals surface area (Å²) in [6.45, 7) is 2.60. The van der Waals surface area contributed by atoms with Crippen molar-refractivity contribution in [2.24, 2.45) is 0 Å². The van der Waals surface area contributed by atoms with Crippen LogP contribution >= 0.6 is 11.6 Å². The number of nitrogens with zero attached hydrogens (tertiary/aromatic N) is 1. The van der Waals surface area contributed by atoms with Gasteiger partial charge in [-0.05, 0) is 42.1 Å². The quantitative estimate of drug-likeness (QED) is 0.748. The molecule has 0 saturated heterocycles. The number of benzene rings is 2. The van der Waals surface area contributed by atoms with E-state index in [1.807, 2.05) is 37.4 Å². The first kappa shape index (κ1) is 14.7. The lowest BCUT2D eigenvalue weighted by atomic mass is 10.2. The van der Waals surface area contributed by atoms with Gasteiger partial charge in [0.1, 0.15) is 0 Å². The van der Waals surface area contributed by atoms with Gasteiger partial charge in [-0.3, -0.25) is 4.79 Å². The van der Waals surface area contributed by atoms with Crippen molar-refractivity contribution in [3.63, 3.8) is 0 Å². The molecule has 22 heavy (non-hydrogen) atoms. The predicted octanol–water partition coefficient (Wildman–Crippen LogP) is 4.63. The van der Waals surface area contributed by atoms with Crippen molar-refractivity contribution >= 4 is 34.1 Å². The second kappa shape index (κ2) is 6.24. The van der Waals surface area contributed by atoms with E-state index in [1.54, 1.807) is 6.07 Å². The molecular weight excluding hydrogens is 296 g/mol. The maximum Gasteiger partial charge on any atom is 0.226 e. The lowest BCUT2D eigenvalue weighted by molar-refractivity contribution is -0.116. The minimum Gasteiger partial charge on any atom is -0.347 e. The summed E-state index contributed by atoms with van der Waals surface area (Å²) in [5.74, 6) is -0.0110. The number of para-hydroxylation sites is 1. The highest BCUT2D eigenvalue weighted by Gasteiger charge is 2.07. The molecule has 0 bridgehead atoms. The molecule has 1 amide bonds. The van der Waals surface area contributed by atoms with Gasteiger partial charge >= 0.3 is 0 Å². The summed E-state index contributed by atoms with van der Waals surface area (Å²) in [4.78, 5) is 12.1. The van der Waals surface area contributed by atoms with Gasteiger partial charge in [0.05, 0.1) is 0 Å². The third-order valence-electron chi connectivity index (χ3n) is 3.73. The highest BCUT2D eigenvalue weighted by molar-refractivity contribution is 6.31. The number of fused-ring (bicyclic) bond motifs is 1. The number of halogens is 1. The third kappa shape index (κ3) is 3.15. The molecule has 1 N–H and O–H groups in total. The predicted molar refractivity (Wildman–Crippen MR) is 91.4 cm³/mol. The fraction of sp³-hybridized carbons (Fsp3) is 0.167. The van der Waals surface area contributed by atoms with E-state index in [0.29, 0.717) is 18.0 Å². The van der Waals surface area contributed by atoms with Crippen molar-refractivity contribution in [3.05, 3.63) is 65.3 Å². The van der Waals surface area contributed by atoms with Crippen LogP contribution in [0.4, 0.5) is 5.69 Å². The Morgan fingerprint density at radius 1 is 1.18 bits per heavy atom. The monoisotopic (exact) mass is 312 g/mol. The number of rotatable bonds is 4. The molecule has 2 aromatic carbocycles. The standard InChI is InChI=1S/C18H17ClN2O/c1-13-6-7-15(19)12-16(13)20-18(22)9-11-21-10-8-14-4-2-3-5-17(14)21/h2-8,10,12H,9,11H2,1H3,(H,20,22). The van der Waals surface area contributed by atoms with E-state index < -0.39 is 0 Å². The molecule has 112 valence electrons. The van der Waals surface area contributed by atoms with E-state index >= 15 is 0 Å². The molecule has 0 aliphatic rings. The number of carbonyl (C=O) groups excluding carboxylic acids is 1. The van der Waals surface area contributed by atoms with Crippen LogP contribution < -0.4 is 5.32 Å². The van der Waals surface area contributed by atoms with E-state index in [9.17, 15) is 4.79 Å². The molecule has 1 aromatic heterocycles. The van der Waals surface area contributed by atoms with Crippen molar-refractivity contribution in [1.82, 2.24) is 4.57 Å². The van der Waals surface area contributed by atoms with E-state index in [-0.39, 0.29) is 5.91 Å². The number of hydrogen-bond donors (Lipinski definition) is 1. The van der Waals surface area contributed by atoms with E-state index in [0.717, 1.165) is 16.8 Å². The number of nitrogens with one attached hydrogen (secondary N) is 1. The lowest BCUT2D eigenvalue weighted by Crippen LogP contribution is -2.14. The van der Waals surface area contributed by atoms with Crippen molar-refractivity contribution in [1.29, 1.82) is 0 Å². The molecule has 0 radical (unpaired) electrons. The summed E-state index contributed by atoms with van der Waals surface area (Å²) in [6.07, 6.45) is 2.44. The van der Waals surface area contributed by atoms with Crippen LogP contribution in [0.15, 0.2) is 54.7 Å². The van der Waals surface area contributed by atoms with Crippen molar-refractivity contribution in [2.45, 2.75) is 19.9 Å². The molecule has 0 unspecified atom stereocenters. The van der Waals surface area contributed by atoms with Crippen LogP contribution in [0.5, 0.6) is 0 Å².